The Kier molecular flexibility index (Phi) is 29.3. The Labute approximate surface area is 145 Å². The first-order chi connectivity index (χ1) is 8.59. The number of hydrogen-bond acceptors (Lipinski definition) is 6. The Hall–Kier alpha value is 0.474. The van der Waals surface area contributed by atoms with Gasteiger partial charge in [-0.25, -0.2) is 0 Å². The summed E-state index contributed by atoms with van der Waals surface area (Å²) in [6.07, 6.45) is -0.833. The van der Waals surface area contributed by atoms with Crippen molar-refractivity contribution in [3.05, 3.63) is 0 Å². The molecule has 0 radical (unpaired) electrons. The van der Waals surface area contributed by atoms with E-state index >= 15 is 0 Å². The van der Waals surface area contributed by atoms with E-state index in [4.69, 9.17) is 0 Å². The maximum absolute atomic E-state index is 9.53. The first kappa shape index (κ1) is 33.2. The molecule has 7 heteroatoms. The molecule has 0 spiro atoms. The summed E-state index contributed by atoms with van der Waals surface area (Å²) in [4.78, 5) is 7.38. The Morgan fingerprint density at radius 2 is 0.667 bits per heavy atom. The molecule has 0 aromatic rings. The predicted molar refractivity (Wildman–Crippen MR) is 71.9 cm³/mol. The molecule has 0 bridgehead atoms. The minimum Gasteiger partial charge on any atom is -0.852 e. The summed E-state index contributed by atoms with van der Waals surface area (Å²) < 4.78 is 0. The van der Waals surface area contributed by atoms with Gasteiger partial charge in [-0.3, -0.25) is 0 Å². The SMILES string of the molecule is CC(C)(C)O[O-].CC(C)(C)O[O-].CC(C)[O-].CC(C)[O-].[Ti+4]. The van der Waals surface area contributed by atoms with Crippen LogP contribution in [-0.4, -0.2) is 23.4 Å². The van der Waals surface area contributed by atoms with Crippen LogP contribution in [0.15, 0.2) is 0 Å². The Bertz CT molecular complexity index is 148. The molecule has 0 aromatic carbocycles. The van der Waals surface area contributed by atoms with Crippen LogP contribution in [0.5, 0.6) is 0 Å². The summed E-state index contributed by atoms with van der Waals surface area (Å²) in [5, 5.41) is 38.0. The van der Waals surface area contributed by atoms with Gasteiger partial charge in [0.05, 0.1) is 0 Å². The zero-order valence-electron chi connectivity index (χ0n) is 15.1. The van der Waals surface area contributed by atoms with Crippen LogP contribution in [0.1, 0.15) is 69.2 Å². The topological polar surface area (TPSA) is 111 Å². The van der Waals surface area contributed by atoms with Gasteiger partial charge in [0.15, 0.2) is 0 Å². The monoisotopic (exact) mass is 344 g/mol. The van der Waals surface area contributed by atoms with Crippen molar-refractivity contribution >= 4 is 0 Å². The minimum atomic E-state index is -0.514. The molecule has 0 unspecified atom stereocenters. The molecule has 0 aromatic heterocycles. The fraction of sp³-hybridized carbons (Fsp3) is 1.00. The van der Waals surface area contributed by atoms with Crippen molar-refractivity contribution in [1.82, 2.24) is 0 Å². The molecule has 0 aliphatic rings. The second-order valence-electron chi connectivity index (χ2n) is 6.49. The van der Waals surface area contributed by atoms with Crippen LogP contribution < -0.4 is 20.7 Å². The van der Waals surface area contributed by atoms with Crippen molar-refractivity contribution in [2.24, 2.45) is 0 Å². The van der Waals surface area contributed by atoms with Crippen LogP contribution in [-0.2, 0) is 31.5 Å². The molecule has 0 aliphatic heterocycles. The van der Waals surface area contributed by atoms with Gasteiger partial charge < -0.3 is 30.5 Å². The van der Waals surface area contributed by atoms with E-state index in [1.807, 2.05) is 0 Å². The molecule has 0 heterocycles. The summed E-state index contributed by atoms with van der Waals surface area (Å²) in [6, 6.07) is 0. The van der Waals surface area contributed by atoms with Crippen LogP contribution in [0.25, 0.3) is 0 Å². The van der Waals surface area contributed by atoms with Gasteiger partial charge in [-0.15, -0.1) is 12.2 Å². The quantitative estimate of drug-likeness (QED) is 0.338. The van der Waals surface area contributed by atoms with Gasteiger partial charge >= 0.3 is 21.7 Å². The van der Waals surface area contributed by atoms with Gasteiger partial charge in [0.2, 0.25) is 0 Å². The maximum Gasteiger partial charge on any atom is 4.00 e. The van der Waals surface area contributed by atoms with Crippen molar-refractivity contribution in [2.75, 3.05) is 0 Å². The summed E-state index contributed by atoms with van der Waals surface area (Å²) in [5.74, 6) is 0. The van der Waals surface area contributed by atoms with Crippen LogP contribution in [0.4, 0.5) is 0 Å². The van der Waals surface area contributed by atoms with Crippen molar-refractivity contribution in [1.29, 1.82) is 0 Å². The van der Waals surface area contributed by atoms with Crippen molar-refractivity contribution in [3.63, 3.8) is 0 Å². The third-order valence-corrected chi connectivity index (χ3v) is 0.500. The van der Waals surface area contributed by atoms with Gasteiger partial charge in [0.25, 0.3) is 0 Å². The van der Waals surface area contributed by atoms with E-state index in [2.05, 4.69) is 9.78 Å². The van der Waals surface area contributed by atoms with Crippen LogP contribution in [0.2, 0.25) is 0 Å². The molecule has 0 fully saturated rings. The average Bonchev–Trinajstić information content (AvgIpc) is 2.14. The molecular weight excluding hydrogens is 312 g/mol. The van der Waals surface area contributed by atoms with Crippen LogP contribution in [0.3, 0.4) is 0 Å². The normalized spacial score (nSPS) is 10.3. The van der Waals surface area contributed by atoms with Gasteiger partial charge in [-0.05, 0) is 41.5 Å². The van der Waals surface area contributed by atoms with Gasteiger partial charge in [0, 0.05) is 11.2 Å². The average molecular weight is 344 g/mol. The van der Waals surface area contributed by atoms with E-state index in [0.29, 0.717) is 0 Å². The fourth-order valence-corrected chi connectivity index (χ4v) is 0. The largest absolute Gasteiger partial charge is 4.00 e. The molecular formula is C14H32O6Ti. The number of hydrogen-bond donors (Lipinski definition) is 0. The zero-order chi connectivity index (χ0) is 17.6. The molecule has 0 atom stereocenters. The second-order valence-corrected chi connectivity index (χ2v) is 6.49. The molecule has 0 saturated heterocycles. The molecule has 0 saturated carbocycles. The Balaban J connectivity index is -0.0000000544. The molecule has 6 nitrogen and oxygen atoms in total. The smallest absolute Gasteiger partial charge is 0.852 e. The van der Waals surface area contributed by atoms with Crippen molar-refractivity contribution in [2.45, 2.75) is 92.6 Å². The molecule has 128 valence electrons. The summed E-state index contributed by atoms with van der Waals surface area (Å²) in [5.41, 5.74) is -1.03. The van der Waals surface area contributed by atoms with Crippen LogP contribution >= 0.6 is 0 Å². The molecule has 0 amide bonds. The van der Waals surface area contributed by atoms with E-state index in [0.717, 1.165) is 0 Å². The minimum absolute atomic E-state index is 0. The first-order valence-corrected chi connectivity index (χ1v) is 6.52. The third-order valence-electron chi connectivity index (χ3n) is 0.500. The van der Waals surface area contributed by atoms with Gasteiger partial charge in [-0.2, -0.15) is 0 Å². The summed E-state index contributed by atoms with van der Waals surface area (Å²) in [7, 11) is 0. The van der Waals surface area contributed by atoms with Crippen molar-refractivity contribution < 1.29 is 52.2 Å². The summed E-state index contributed by atoms with van der Waals surface area (Å²) >= 11 is 0. The third kappa shape index (κ3) is 167. The van der Waals surface area contributed by atoms with E-state index < -0.39 is 23.4 Å². The van der Waals surface area contributed by atoms with E-state index in [1.165, 1.54) is 0 Å². The van der Waals surface area contributed by atoms with E-state index in [1.54, 1.807) is 69.2 Å². The Morgan fingerprint density at radius 1 is 0.619 bits per heavy atom. The maximum atomic E-state index is 9.53. The van der Waals surface area contributed by atoms with Gasteiger partial charge in [0.1, 0.15) is 0 Å². The van der Waals surface area contributed by atoms with Crippen LogP contribution in [0, 0.1) is 0 Å². The van der Waals surface area contributed by atoms with Crippen molar-refractivity contribution in [3.8, 4) is 0 Å². The van der Waals surface area contributed by atoms with Gasteiger partial charge in [-0.1, -0.05) is 27.7 Å². The second kappa shape index (κ2) is 18.5. The first-order valence-electron chi connectivity index (χ1n) is 6.52. The standard InChI is InChI=1S/2C4H10O2.2C3H7O.Ti/c2*1-4(2,3)6-5;2*1-3(2)4;/h2*5H,1-3H3;2*3H,1-2H3;/q;;2*-1;+4/p-2. The Morgan fingerprint density at radius 3 is 0.667 bits per heavy atom. The fourth-order valence-electron chi connectivity index (χ4n) is 0. The predicted octanol–water partition coefficient (Wildman–Crippen LogP) is -0.339. The molecule has 0 N–H and O–H groups in total. The van der Waals surface area contributed by atoms with E-state index in [9.17, 15) is 20.7 Å². The zero-order valence-corrected chi connectivity index (χ0v) is 16.7. The summed E-state index contributed by atoms with van der Waals surface area (Å²) in [6.45, 7) is 16.7. The molecule has 0 rings (SSSR count). The number of rotatable bonds is 0. The van der Waals surface area contributed by atoms with E-state index in [-0.39, 0.29) is 21.7 Å². The molecule has 0 aliphatic carbocycles. The molecule has 21 heavy (non-hydrogen) atoms.